The standard InChI is InChI=1S/C25H32N4O3/c1-4-27(2)9-5-18-13-19(14-24(32-3)22(18)17-30)23-16-26-25-15-20(6-12-29(23)25)28-10-7-21(31)8-11-28/h6,12-17,21,31H,4-5,7-11H2,1-3H3. The van der Waals surface area contributed by atoms with Gasteiger partial charge in [-0.25, -0.2) is 4.98 Å². The van der Waals surface area contributed by atoms with E-state index in [1.54, 1.807) is 7.11 Å². The number of fused-ring (bicyclic) bond motifs is 1. The molecule has 1 aliphatic rings. The van der Waals surface area contributed by atoms with Gasteiger partial charge in [0.1, 0.15) is 11.4 Å². The lowest BCUT2D eigenvalue weighted by Crippen LogP contribution is -2.35. The molecule has 0 bridgehead atoms. The summed E-state index contributed by atoms with van der Waals surface area (Å²) < 4.78 is 7.64. The molecule has 170 valence electrons. The fraction of sp³-hybridized carbons (Fsp3) is 0.440. The van der Waals surface area contributed by atoms with Crippen LogP contribution in [0.2, 0.25) is 0 Å². The number of pyridine rings is 1. The van der Waals surface area contributed by atoms with E-state index in [1.165, 1.54) is 0 Å². The number of aliphatic hydroxyl groups is 1. The number of carbonyl (C=O) groups is 1. The Balaban J connectivity index is 1.69. The number of aliphatic hydroxyl groups excluding tert-OH is 1. The number of aromatic nitrogens is 2. The molecule has 1 N–H and O–H groups in total. The van der Waals surface area contributed by atoms with Crippen LogP contribution in [-0.4, -0.2) is 72.1 Å². The topological polar surface area (TPSA) is 70.3 Å². The van der Waals surface area contributed by atoms with Gasteiger partial charge in [-0.15, -0.1) is 0 Å². The van der Waals surface area contributed by atoms with Gasteiger partial charge < -0.3 is 19.6 Å². The fourth-order valence-corrected chi connectivity index (χ4v) is 4.32. The third kappa shape index (κ3) is 4.49. The summed E-state index contributed by atoms with van der Waals surface area (Å²) in [6, 6.07) is 8.19. The second-order valence-corrected chi connectivity index (χ2v) is 8.49. The van der Waals surface area contributed by atoms with Crippen LogP contribution in [0.1, 0.15) is 35.7 Å². The number of imidazole rings is 1. The summed E-state index contributed by atoms with van der Waals surface area (Å²) in [4.78, 5) is 21.0. The van der Waals surface area contributed by atoms with Gasteiger partial charge in [0.05, 0.1) is 30.7 Å². The molecule has 1 fully saturated rings. The van der Waals surface area contributed by atoms with E-state index in [0.717, 1.165) is 79.9 Å². The zero-order valence-electron chi connectivity index (χ0n) is 19.1. The molecule has 7 nitrogen and oxygen atoms in total. The van der Waals surface area contributed by atoms with E-state index in [1.807, 2.05) is 18.5 Å². The zero-order valence-corrected chi connectivity index (χ0v) is 19.1. The van der Waals surface area contributed by atoms with Gasteiger partial charge in [0.2, 0.25) is 0 Å². The summed E-state index contributed by atoms with van der Waals surface area (Å²) in [5.74, 6) is 0.588. The van der Waals surface area contributed by atoms with Crippen LogP contribution in [0.4, 0.5) is 5.69 Å². The Morgan fingerprint density at radius 1 is 1.28 bits per heavy atom. The fourth-order valence-electron chi connectivity index (χ4n) is 4.32. The van der Waals surface area contributed by atoms with Crippen LogP contribution in [0.15, 0.2) is 36.7 Å². The molecular formula is C25H32N4O3. The molecule has 0 atom stereocenters. The monoisotopic (exact) mass is 436 g/mol. The van der Waals surface area contributed by atoms with E-state index >= 15 is 0 Å². The maximum atomic E-state index is 11.8. The van der Waals surface area contributed by atoms with E-state index in [0.29, 0.717) is 11.3 Å². The van der Waals surface area contributed by atoms with E-state index in [-0.39, 0.29) is 6.10 Å². The van der Waals surface area contributed by atoms with Crippen LogP contribution >= 0.6 is 0 Å². The molecule has 0 unspecified atom stereocenters. The minimum absolute atomic E-state index is 0.191. The molecule has 3 aromatic rings. The first-order chi connectivity index (χ1) is 15.5. The molecule has 2 aromatic heterocycles. The van der Waals surface area contributed by atoms with Crippen LogP contribution in [0.25, 0.3) is 16.9 Å². The highest BCUT2D eigenvalue weighted by molar-refractivity contribution is 5.84. The molecule has 0 spiro atoms. The number of nitrogens with zero attached hydrogens (tertiary/aromatic N) is 4. The van der Waals surface area contributed by atoms with Crippen molar-refractivity contribution in [1.29, 1.82) is 0 Å². The minimum atomic E-state index is -0.191. The molecule has 0 aliphatic carbocycles. The maximum absolute atomic E-state index is 11.8. The molecule has 0 radical (unpaired) electrons. The van der Waals surface area contributed by atoms with E-state index in [4.69, 9.17) is 4.74 Å². The number of hydrogen-bond acceptors (Lipinski definition) is 6. The van der Waals surface area contributed by atoms with Crippen molar-refractivity contribution >= 4 is 17.6 Å². The van der Waals surface area contributed by atoms with Crippen molar-refractivity contribution in [2.75, 3.05) is 45.2 Å². The zero-order chi connectivity index (χ0) is 22.7. The molecule has 3 heterocycles. The quantitative estimate of drug-likeness (QED) is 0.547. The van der Waals surface area contributed by atoms with Gasteiger partial charge in [0, 0.05) is 43.1 Å². The Kier molecular flexibility index (Phi) is 6.77. The number of ether oxygens (including phenoxy) is 1. The molecule has 1 aromatic carbocycles. The lowest BCUT2D eigenvalue weighted by Gasteiger charge is -2.31. The van der Waals surface area contributed by atoms with Gasteiger partial charge in [-0.1, -0.05) is 6.92 Å². The van der Waals surface area contributed by atoms with Gasteiger partial charge in [-0.3, -0.25) is 9.20 Å². The number of piperidine rings is 1. The van der Waals surface area contributed by atoms with E-state index in [2.05, 4.69) is 51.4 Å². The Labute approximate surface area is 189 Å². The normalized spacial score (nSPS) is 15.0. The first kappa shape index (κ1) is 22.3. The smallest absolute Gasteiger partial charge is 0.154 e. The van der Waals surface area contributed by atoms with Gasteiger partial charge in [-0.05, 0) is 56.6 Å². The Bertz CT molecular complexity index is 1090. The second-order valence-electron chi connectivity index (χ2n) is 8.49. The number of benzene rings is 1. The number of rotatable bonds is 8. The number of hydrogen-bond donors (Lipinski definition) is 1. The maximum Gasteiger partial charge on any atom is 0.154 e. The van der Waals surface area contributed by atoms with Crippen molar-refractivity contribution in [2.45, 2.75) is 32.3 Å². The Morgan fingerprint density at radius 3 is 2.75 bits per heavy atom. The van der Waals surface area contributed by atoms with Crippen molar-refractivity contribution in [3.05, 3.63) is 47.8 Å². The number of carbonyl (C=O) groups excluding carboxylic acids is 1. The van der Waals surface area contributed by atoms with Crippen molar-refractivity contribution in [3.8, 4) is 17.0 Å². The van der Waals surface area contributed by atoms with Crippen LogP contribution in [0, 0.1) is 0 Å². The number of methoxy groups -OCH3 is 1. The number of aldehydes is 1. The van der Waals surface area contributed by atoms with Crippen molar-refractivity contribution in [2.24, 2.45) is 0 Å². The van der Waals surface area contributed by atoms with Crippen molar-refractivity contribution in [3.63, 3.8) is 0 Å². The predicted molar refractivity (Wildman–Crippen MR) is 127 cm³/mol. The Morgan fingerprint density at radius 2 is 2.06 bits per heavy atom. The molecule has 1 aliphatic heterocycles. The van der Waals surface area contributed by atoms with Gasteiger partial charge in [0.25, 0.3) is 0 Å². The summed E-state index contributed by atoms with van der Waals surface area (Å²) >= 11 is 0. The van der Waals surface area contributed by atoms with Crippen LogP contribution in [0.5, 0.6) is 5.75 Å². The molecular weight excluding hydrogens is 404 g/mol. The lowest BCUT2D eigenvalue weighted by atomic mass is 9.99. The summed E-state index contributed by atoms with van der Waals surface area (Å²) in [6.07, 6.45) is 6.97. The predicted octanol–water partition coefficient (Wildman–Crippen LogP) is 3.28. The average molecular weight is 437 g/mol. The SMILES string of the molecule is CCN(C)CCc1cc(-c2cnc3cc(N4CCC(O)CC4)ccn23)cc(OC)c1C=O. The van der Waals surface area contributed by atoms with Gasteiger partial charge >= 0.3 is 0 Å². The first-order valence-corrected chi connectivity index (χ1v) is 11.3. The third-order valence-corrected chi connectivity index (χ3v) is 6.49. The largest absolute Gasteiger partial charge is 0.496 e. The average Bonchev–Trinajstić information content (AvgIpc) is 3.25. The number of likely N-dealkylation sites (N-methyl/N-ethyl adjacent to an activating group) is 1. The highest BCUT2D eigenvalue weighted by atomic mass is 16.5. The van der Waals surface area contributed by atoms with Crippen LogP contribution in [-0.2, 0) is 6.42 Å². The lowest BCUT2D eigenvalue weighted by molar-refractivity contribution is 0.111. The summed E-state index contributed by atoms with van der Waals surface area (Å²) in [7, 11) is 3.68. The van der Waals surface area contributed by atoms with Crippen molar-refractivity contribution in [1.82, 2.24) is 14.3 Å². The van der Waals surface area contributed by atoms with Crippen molar-refractivity contribution < 1.29 is 14.6 Å². The Hall–Kier alpha value is -2.90. The molecule has 4 rings (SSSR count). The van der Waals surface area contributed by atoms with Crippen LogP contribution < -0.4 is 9.64 Å². The van der Waals surface area contributed by atoms with Gasteiger partial charge in [-0.2, -0.15) is 0 Å². The highest BCUT2D eigenvalue weighted by Crippen LogP contribution is 2.31. The second kappa shape index (κ2) is 9.71. The molecule has 1 saturated heterocycles. The number of anilines is 1. The molecule has 0 saturated carbocycles. The first-order valence-electron chi connectivity index (χ1n) is 11.3. The summed E-state index contributed by atoms with van der Waals surface area (Å²) in [5, 5.41) is 9.78. The highest BCUT2D eigenvalue weighted by Gasteiger charge is 2.19. The molecule has 7 heteroatoms. The van der Waals surface area contributed by atoms with Crippen LogP contribution in [0.3, 0.4) is 0 Å². The van der Waals surface area contributed by atoms with E-state index < -0.39 is 0 Å². The molecule has 0 amide bonds. The van der Waals surface area contributed by atoms with E-state index in [9.17, 15) is 9.90 Å². The summed E-state index contributed by atoms with van der Waals surface area (Å²) in [6.45, 7) is 5.65. The third-order valence-electron chi connectivity index (χ3n) is 6.49. The van der Waals surface area contributed by atoms with Gasteiger partial charge in [0.15, 0.2) is 6.29 Å². The molecule has 32 heavy (non-hydrogen) atoms. The minimum Gasteiger partial charge on any atom is -0.496 e. The summed E-state index contributed by atoms with van der Waals surface area (Å²) in [5.41, 5.74) is 5.52.